The number of amides is 1. The summed E-state index contributed by atoms with van der Waals surface area (Å²) >= 11 is 1.48. The van der Waals surface area contributed by atoms with E-state index < -0.39 is 0 Å². The first-order valence-corrected chi connectivity index (χ1v) is 6.46. The van der Waals surface area contributed by atoms with Gasteiger partial charge in [-0.3, -0.25) is 10.1 Å². The largest absolute Gasteiger partial charge is 0.326 e. The maximum atomic E-state index is 12.0. The Bertz CT molecular complexity index is 541. The van der Waals surface area contributed by atoms with Gasteiger partial charge in [-0.2, -0.15) is 0 Å². The molecule has 3 N–H and O–H groups in total. The second kappa shape index (κ2) is 5.29. The fourth-order valence-electron chi connectivity index (χ4n) is 1.49. The van der Waals surface area contributed by atoms with Crippen molar-refractivity contribution in [1.29, 1.82) is 0 Å². The highest BCUT2D eigenvalue weighted by Gasteiger charge is 2.09. The van der Waals surface area contributed by atoms with Gasteiger partial charge in [-0.15, -0.1) is 11.3 Å². The van der Waals surface area contributed by atoms with E-state index in [0.717, 1.165) is 16.1 Å². The number of thiazole rings is 1. The average Bonchev–Trinajstić information content (AvgIpc) is 2.68. The molecule has 1 aromatic heterocycles. The van der Waals surface area contributed by atoms with E-state index in [-0.39, 0.29) is 5.91 Å². The number of aryl methyl sites for hydroxylation is 2. The molecule has 0 aliphatic heterocycles. The maximum Gasteiger partial charge on any atom is 0.257 e. The van der Waals surface area contributed by atoms with Crippen LogP contribution in [0.1, 0.15) is 26.5 Å². The molecular weight excluding hydrogens is 246 g/mol. The third kappa shape index (κ3) is 2.75. The van der Waals surface area contributed by atoms with Gasteiger partial charge in [-0.05, 0) is 31.5 Å². The average molecular weight is 261 g/mol. The lowest BCUT2D eigenvalue weighted by Gasteiger charge is -2.02. The molecule has 0 radical (unpaired) electrons. The van der Waals surface area contributed by atoms with E-state index >= 15 is 0 Å². The fourth-order valence-corrected chi connectivity index (χ4v) is 2.30. The van der Waals surface area contributed by atoms with Crippen LogP contribution in [0.2, 0.25) is 0 Å². The Morgan fingerprint density at radius 3 is 2.50 bits per heavy atom. The first-order chi connectivity index (χ1) is 8.60. The minimum Gasteiger partial charge on any atom is -0.326 e. The molecule has 5 heteroatoms. The highest BCUT2D eigenvalue weighted by atomic mass is 32.1. The normalized spacial score (nSPS) is 10.4. The summed E-state index contributed by atoms with van der Waals surface area (Å²) in [5.41, 5.74) is 8.08. The molecule has 2 aromatic rings. The van der Waals surface area contributed by atoms with E-state index in [1.165, 1.54) is 11.3 Å². The second-order valence-corrected chi connectivity index (χ2v) is 5.22. The Hall–Kier alpha value is -1.72. The highest BCUT2D eigenvalue weighted by Crippen LogP contribution is 2.21. The number of aromatic nitrogens is 1. The van der Waals surface area contributed by atoms with E-state index in [9.17, 15) is 4.79 Å². The summed E-state index contributed by atoms with van der Waals surface area (Å²) in [6.45, 7) is 4.39. The Balaban J connectivity index is 2.11. The third-order valence-corrected chi connectivity index (χ3v) is 3.69. The van der Waals surface area contributed by atoms with E-state index in [2.05, 4.69) is 10.3 Å². The highest BCUT2D eigenvalue weighted by molar-refractivity contribution is 7.15. The van der Waals surface area contributed by atoms with Crippen molar-refractivity contribution in [3.63, 3.8) is 0 Å². The first kappa shape index (κ1) is 12.7. The molecule has 94 valence electrons. The predicted molar refractivity (Wildman–Crippen MR) is 73.9 cm³/mol. The Morgan fingerprint density at radius 2 is 2.00 bits per heavy atom. The Labute approximate surface area is 110 Å². The zero-order valence-electron chi connectivity index (χ0n) is 10.4. The van der Waals surface area contributed by atoms with Crippen LogP contribution in [-0.4, -0.2) is 10.9 Å². The van der Waals surface area contributed by atoms with Crippen LogP contribution in [0.3, 0.4) is 0 Å². The Morgan fingerprint density at radius 1 is 1.33 bits per heavy atom. The van der Waals surface area contributed by atoms with Crippen molar-refractivity contribution in [3.8, 4) is 0 Å². The van der Waals surface area contributed by atoms with Crippen molar-refractivity contribution < 1.29 is 4.79 Å². The predicted octanol–water partition coefficient (Wildman–Crippen LogP) is 2.47. The summed E-state index contributed by atoms with van der Waals surface area (Å²) in [5, 5.41) is 3.43. The zero-order valence-corrected chi connectivity index (χ0v) is 11.2. The van der Waals surface area contributed by atoms with Gasteiger partial charge < -0.3 is 5.73 Å². The molecule has 0 fully saturated rings. The standard InChI is InChI=1S/C13H15N3OS/c1-8-9(2)18-13(15-8)16-12(17)11-5-3-10(7-14)4-6-11/h3-6H,7,14H2,1-2H3,(H,15,16,17). The smallest absolute Gasteiger partial charge is 0.257 e. The maximum absolute atomic E-state index is 12.0. The number of rotatable bonds is 3. The molecular formula is C13H15N3OS. The number of benzene rings is 1. The number of nitrogens with one attached hydrogen (secondary N) is 1. The van der Waals surface area contributed by atoms with Crippen LogP contribution >= 0.6 is 11.3 Å². The summed E-state index contributed by atoms with van der Waals surface area (Å²) in [6.07, 6.45) is 0. The van der Waals surface area contributed by atoms with Crippen molar-refractivity contribution in [3.05, 3.63) is 46.0 Å². The number of hydrogen-bond acceptors (Lipinski definition) is 4. The lowest BCUT2D eigenvalue weighted by molar-refractivity contribution is 0.102. The molecule has 1 heterocycles. The van der Waals surface area contributed by atoms with Gasteiger partial charge in [0.25, 0.3) is 5.91 Å². The number of nitrogens with two attached hydrogens (primary N) is 1. The van der Waals surface area contributed by atoms with Crippen molar-refractivity contribution in [2.75, 3.05) is 5.32 Å². The van der Waals surface area contributed by atoms with Crippen LogP contribution in [0.15, 0.2) is 24.3 Å². The fraction of sp³-hybridized carbons (Fsp3) is 0.231. The molecule has 2 rings (SSSR count). The molecule has 4 nitrogen and oxygen atoms in total. The van der Waals surface area contributed by atoms with E-state index in [4.69, 9.17) is 5.73 Å². The van der Waals surface area contributed by atoms with E-state index in [0.29, 0.717) is 17.2 Å². The van der Waals surface area contributed by atoms with Crippen LogP contribution in [0.25, 0.3) is 0 Å². The van der Waals surface area contributed by atoms with Gasteiger partial charge in [-0.1, -0.05) is 12.1 Å². The van der Waals surface area contributed by atoms with Crippen LogP contribution in [-0.2, 0) is 6.54 Å². The molecule has 1 amide bonds. The first-order valence-electron chi connectivity index (χ1n) is 5.64. The van der Waals surface area contributed by atoms with E-state index in [1.54, 1.807) is 12.1 Å². The monoisotopic (exact) mass is 261 g/mol. The van der Waals surface area contributed by atoms with Gasteiger partial charge in [0.15, 0.2) is 5.13 Å². The summed E-state index contributed by atoms with van der Waals surface area (Å²) in [4.78, 5) is 17.3. The van der Waals surface area contributed by atoms with Crippen molar-refractivity contribution in [2.45, 2.75) is 20.4 Å². The van der Waals surface area contributed by atoms with Crippen LogP contribution in [0.5, 0.6) is 0 Å². The van der Waals surface area contributed by atoms with Crippen molar-refractivity contribution in [2.24, 2.45) is 5.73 Å². The van der Waals surface area contributed by atoms with Gasteiger partial charge in [0.2, 0.25) is 0 Å². The molecule has 0 saturated carbocycles. The molecule has 0 spiro atoms. The molecule has 0 aliphatic rings. The molecule has 18 heavy (non-hydrogen) atoms. The van der Waals surface area contributed by atoms with Crippen LogP contribution < -0.4 is 11.1 Å². The quantitative estimate of drug-likeness (QED) is 0.891. The molecule has 1 aromatic carbocycles. The van der Waals surface area contributed by atoms with Crippen molar-refractivity contribution in [1.82, 2.24) is 4.98 Å². The summed E-state index contributed by atoms with van der Waals surface area (Å²) in [7, 11) is 0. The lowest BCUT2D eigenvalue weighted by Crippen LogP contribution is -2.11. The topological polar surface area (TPSA) is 68.0 Å². The molecule has 0 unspecified atom stereocenters. The number of carbonyl (C=O) groups excluding carboxylic acids is 1. The van der Waals surface area contributed by atoms with Gasteiger partial charge in [0, 0.05) is 17.0 Å². The van der Waals surface area contributed by atoms with Crippen LogP contribution in [0, 0.1) is 13.8 Å². The number of anilines is 1. The molecule has 0 bridgehead atoms. The minimum atomic E-state index is -0.146. The number of carbonyl (C=O) groups is 1. The summed E-state index contributed by atoms with van der Waals surface area (Å²) < 4.78 is 0. The lowest BCUT2D eigenvalue weighted by atomic mass is 10.1. The second-order valence-electron chi connectivity index (χ2n) is 4.02. The third-order valence-electron chi connectivity index (χ3n) is 2.70. The zero-order chi connectivity index (χ0) is 13.1. The Kier molecular flexibility index (Phi) is 3.74. The number of nitrogens with zero attached hydrogens (tertiary/aromatic N) is 1. The van der Waals surface area contributed by atoms with E-state index in [1.807, 2.05) is 26.0 Å². The molecule has 0 atom stereocenters. The summed E-state index contributed by atoms with van der Waals surface area (Å²) in [5.74, 6) is -0.146. The minimum absolute atomic E-state index is 0.146. The summed E-state index contributed by atoms with van der Waals surface area (Å²) in [6, 6.07) is 7.25. The van der Waals surface area contributed by atoms with Gasteiger partial charge in [-0.25, -0.2) is 4.98 Å². The van der Waals surface area contributed by atoms with Crippen molar-refractivity contribution >= 4 is 22.4 Å². The SMILES string of the molecule is Cc1nc(NC(=O)c2ccc(CN)cc2)sc1C. The van der Waals surface area contributed by atoms with Gasteiger partial charge in [0.1, 0.15) is 0 Å². The van der Waals surface area contributed by atoms with Gasteiger partial charge in [0.05, 0.1) is 5.69 Å². The number of hydrogen-bond donors (Lipinski definition) is 2. The van der Waals surface area contributed by atoms with Gasteiger partial charge >= 0.3 is 0 Å². The molecule has 0 aliphatic carbocycles. The molecule has 0 saturated heterocycles. The van der Waals surface area contributed by atoms with Crippen LogP contribution in [0.4, 0.5) is 5.13 Å².